The smallest absolute Gasteiger partial charge is 0.0853 e. The van der Waals surface area contributed by atoms with Crippen molar-refractivity contribution in [2.75, 3.05) is 0 Å². The molecule has 0 aliphatic carbocycles. The molecule has 0 unspecified atom stereocenters. The summed E-state index contributed by atoms with van der Waals surface area (Å²) >= 11 is 0. The molecule has 0 fully saturated rings. The Labute approximate surface area is 78.6 Å². The van der Waals surface area contributed by atoms with E-state index in [1.54, 1.807) is 0 Å². The summed E-state index contributed by atoms with van der Waals surface area (Å²) in [6.07, 6.45) is 0.843. The average molecular weight is 175 g/mol. The van der Waals surface area contributed by atoms with Crippen LogP contribution < -0.4 is 0 Å². The standard InChI is InChI=1S/C11H13NO/c1-3-4-5-10-6-9(2)12-11(7-10)8-13/h6-7,13H,3,8H2,1-2H3. The number of pyridine rings is 1. The summed E-state index contributed by atoms with van der Waals surface area (Å²) in [5, 5.41) is 8.90. The molecule has 1 rings (SSSR count). The average Bonchev–Trinajstić information content (AvgIpc) is 2.14. The summed E-state index contributed by atoms with van der Waals surface area (Å²) in [5.74, 6) is 5.99. The number of aromatic nitrogens is 1. The molecule has 0 saturated carbocycles. The number of hydrogen-bond acceptors (Lipinski definition) is 2. The molecule has 0 saturated heterocycles. The van der Waals surface area contributed by atoms with Gasteiger partial charge in [0.2, 0.25) is 0 Å². The van der Waals surface area contributed by atoms with Crippen molar-refractivity contribution in [2.45, 2.75) is 26.9 Å². The zero-order valence-electron chi connectivity index (χ0n) is 7.96. The summed E-state index contributed by atoms with van der Waals surface area (Å²) in [6, 6.07) is 3.73. The van der Waals surface area contributed by atoms with Crippen molar-refractivity contribution in [3.8, 4) is 11.8 Å². The molecule has 0 aliphatic heterocycles. The second kappa shape index (κ2) is 4.64. The van der Waals surface area contributed by atoms with Crippen LogP contribution in [-0.4, -0.2) is 10.1 Å². The van der Waals surface area contributed by atoms with E-state index in [9.17, 15) is 0 Å². The Kier molecular flexibility index (Phi) is 3.48. The van der Waals surface area contributed by atoms with Gasteiger partial charge in [-0.2, -0.15) is 0 Å². The lowest BCUT2D eigenvalue weighted by molar-refractivity contribution is 0.276. The van der Waals surface area contributed by atoms with Gasteiger partial charge in [-0.15, -0.1) is 0 Å². The van der Waals surface area contributed by atoms with Gasteiger partial charge in [0.15, 0.2) is 0 Å². The van der Waals surface area contributed by atoms with Crippen molar-refractivity contribution in [3.63, 3.8) is 0 Å². The predicted molar refractivity (Wildman–Crippen MR) is 52.1 cm³/mol. The predicted octanol–water partition coefficient (Wildman–Crippen LogP) is 1.64. The van der Waals surface area contributed by atoms with Crippen LogP contribution in [0.3, 0.4) is 0 Å². The Morgan fingerprint density at radius 2 is 2.23 bits per heavy atom. The fraction of sp³-hybridized carbons (Fsp3) is 0.364. The quantitative estimate of drug-likeness (QED) is 0.658. The number of aryl methyl sites for hydroxylation is 1. The van der Waals surface area contributed by atoms with E-state index < -0.39 is 0 Å². The van der Waals surface area contributed by atoms with Gasteiger partial charge in [-0.25, -0.2) is 0 Å². The SMILES string of the molecule is CCC#Cc1cc(C)nc(CO)c1. The number of aliphatic hydroxyl groups is 1. The Balaban J connectivity index is 3.01. The maximum Gasteiger partial charge on any atom is 0.0853 e. The molecule has 1 aromatic rings. The normalized spacial score (nSPS) is 9.15. The fourth-order valence-corrected chi connectivity index (χ4v) is 1.08. The molecule has 13 heavy (non-hydrogen) atoms. The van der Waals surface area contributed by atoms with Gasteiger partial charge in [-0.05, 0) is 19.1 Å². The van der Waals surface area contributed by atoms with E-state index in [1.165, 1.54) is 0 Å². The van der Waals surface area contributed by atoms with Crippen LogP contribution in [0.15, 0.2) is 12.1 Å². The van der Waals surface area contributed by atoms with E-state index in [1.807, 2.05) is 26.0 Å². The Morgan fingerprint density at radius 1 is 1.46 bits per heavy atom. The molecular formula is C11H13NO. The van der Waals surface area contributed by atoms with Crippen molar-refractivity contribution in [1.29, 1.82) is 0 Å². The number of hydrogen-bond donors (Lipinski definition) is 1. The van der Waals surface area contributed by atoms with Gasteiger partial charge in [0.25, 0.3) is 0 Å². The topological polar surface area (TPSA) is 33.1 Å². The van der Waals surface area contributed by atoms with Gasteiger partial charge in [0.05, 0.1) is 12.3 Å². The summed E-state index contributed by atoms with van der Waals surface area (Å²) in [7, 11) is 0. The Hall–Kier alpha value is -1.33. The number of aliphatic hydroxyl groups excluding tert-OH is 1. The van der Waals surface area contributed by atoms with Crippen LogP contribution in [0.5, 0.6) is 0 Å². The third-order valence-corrected chi connectivity index (χ3v) is 1.58. The lowest BCUT2D eigenvalue weighted by Gasteiger charge is -1.98. The molecule has 1 aromatic heterocycles. The van der Waals surface area contributed by atoms with Crippen molar-refractivity contribution in [2.24, 2.45) is 0 Å². The molecule has 68 valence electrons. The molecule has 0 spiro atoms. The molecule has 0 radical (unpaired) electrons. The van der Waals surface area contributed by atoms with Gasteiger partial charge in [-0.1, -0.05) is 18.8 Å². The van der Waals surface area contributed by atoms with Crippen molar-refractivity contribution in [3.05, 3.63) is 29.1 Å². The van der Waals surface area contributed by atoms with Crippen molar-refractivity contribution >= 4 is 0 Å². The first-order valence-electron chi connectivity index (χ1n) is 4.33. The van der Waals surface area contributed by atoms with E-state index in [0.29, 0.717) is 5.69 Å². The van der Waals surface area contributed by atoms with E-state index in [0.717, 1.165) is 17.7 Å². The van der Waals surface area contributed by atoms with E-state index >= 15 is 0 Å². The van der Waals surface area contributed by atoms with Gasteiger partial charge >= 0.3 is 0 Å². The van der Waals surface area contributed by atoms with Crippen LogP contribution in [0.25, 0.3) is 0 Å². The Bertz CT molecular complexity index is 347. The zero-order valence-corrected chi connectivity index (χ0v) is 7.96. The molecular weight excluding hydrogens is 162 g/mol. The monoisotopic (exact) mass is 175 g/mol. The van der Waals surface area contributed by atoms with E-state index in [2.05, 4.69) is 16.8 Å². The van der Waals surface area contributed by atoms with Crippen LogP contribution in [-0.2, 0) is 6.61 Å². The molecule has 1 N–H and O–H groups in total. The maximum atomic E-state index is 8.90. The highest BCUT2D eigenvalue weighted by Crippen LogP contribution is 2.04. The highest BCUT2D eigenvalue weighted by atomic mass is 16.3. The Morgan fingerprint density at radius 3 is 2.85 bits per heavy atom. The summed E-state index contributed by atoms with van der Waals surface area (Å²) in [5.41, 5.74) is 2.51. The number of rotatable bonds is 1. The largest absolute Gasteiger partial charge is 0.390 e. The lowest BCUT2D eigenvalue weighted by Crippen LogP contribution is -1.93. The molecule has 2 nitrogen and oxygen atoms in total. The second-order valence-corrected chi connectivity index (χ2v) is 2.80. The molecule has 2 heteroatoms. The highest BCUT2D eigenvalue weighted by molar-refractivity contribution is 5.36. The van der Waals surface area contributed by atoms with Crippen LogP contribution in [0, 0.1) is 18.8 Å². The van der Waals surface area contributed by atoms with Crippen LogP contribution in [0.4, 0.5) is 0 Å². The van der Waals surface area contributed by atoms with Crippen LogP contribution in [0.2, 0.25) is 0 Å². The molecule has 0 bridgehead atoms. The highest BCUT2D eigenvalue weighted by Gasteiger charge is 1.96. The summed E-state index contributed by atoms with van der Waals surface area (Å²) in [6.45, 7) is 3.88. The minimum Gasteiger partial charge on any atom is -0.390 e. The molecule has 0 amide bonds. The van der Waals surface area contributed by atoms with Gasteiger partial charge in [0, 0.05) is 17.7 Å². The molecule has 0 aliphatic rings. The summed E-state index contributed by atoms with van der Waals surface area (Å²) in [4.78, 5) is 4.14. The zero-order chi connectivity index (χ0) is 9.68. The second-order valence-electron chi connectivity index (χ2n) is 2.80. The van der Waals surface area contributed by atoms with Gasteiger partial charge in [0.1, 0.15) is 0 Å². The first kappa shape index (κ1) is 9.76. The van der Waals surface area contributed by atoms with Crippen molar-refractivity contribution < 1.29 is 5.11 Å². The third kappa shape index (κ3) is 2.89. The van der Waals surface area contributed by atoms with Crippen molar-refractivity contribution in [1.82, 2.24) is 4.98 Å². The first-order chi connectivity index (χ1) is 6.26. The minimum atomic E-state index is -0.0253. The molecule has 0 atom stereocenters. The molecule has 1 heterocycles. The van der Waals surface area contributed by atoms with Crippen LogP contribution in [0.1, 0.15) is 30.3 Å². The first-order valence-corrected chi connectivity index (χ1v) is 4.33. The van der Waals surface area contributed by atoms with Gasteiger partial charge in [-0.3, -0.25) is 4.98 Å². The fourth-order valence-electron chi connectivity index (χ4n) is 1.08. The van der Waals surface area contributed by atoms with E-state index in [4.69, 9.17) is 5.11 Å². The number of nitrogens with zero attached hydrogens (tertiary/aromatic N) is 1. The van der Waals surface area contributed by atoms with Crippen LogP contribution >= 0.6 is 0 Å². The third-order valence-electron chi connectivity index (χ3n) is 1.58. The maximum absolute atomic E-state index is 8.90. The lowest BCUT2D eigenvalue weighted by atomic mass is 10.2. The van der Waals surface area contributed by atoms with E-state index in [-0.39, 0.29) is 6.61 Å². The minimum absolute atomic E-state index is 0.0253. The molecule has 0 aromatic carbocycles. The summed E-state index contributed by atoms with van der Waals surface area (Å²) < 4.78 is 0. The van der Waals surface area contributed by atoms with Gasteiger partial charge < -0.3 is 5.11 Å².